The van der Waals surface area contributed by atoms with Crippen molar-refractivity contribution in [3.8, 4) is 0 Å². The molecule has 0 fully saturated rings. The molecule has 0 aliphatic heterocycles. The summed E-state index contributed by atoms with van der Waals surface area (Å²) in [6.45, 7) is 0. The Morgan fingerprint density at radius 2 is 1.73 bits per heavy atom. The SMILES string of the molecule is O=C(Nc1nnc(S(=O)(=O)Nc2cc(C(F)(F)F)ccc2Cl)s1)c1ccccc1Cl. The Balaban J connectivity index is 1.81. The van der Waals surface area contributed by atoms with Crippen molar-refractivity contribution in [2.24, 2.45) is 0 Å². The van der Waals surface area contributed by atoms with Crippen LogP contribution in [0.15, 0.2) is 46.8 Å². The summed E-state index contributed by atoms with van der Waals surface area (Å²) in [5, 5.41) is 9.14. The fourth-order valence-corrected chi connectivity index (χ4v) is 4.56. The van der Waals surface area contributed by atoms with Crippen molar-refractivity contribution in [3.63, 3.8) is 0 Å². The average Bonchev–Trinajstić information content (AvgIpc) is 3.12. The van der Waals surface area contributed by atoms with Gasteiger partial charge in [-0.15, -0.1) is 10.2 Å². The summed E-state index contributed by atoms with van der Waals surface area (Å²) in [7, 11) is -4.42. The highest BCUT2D eigenvalue weighted by atomic mass is 35.5. The zero-order valence-corrected chi connectivity index (χ0v) is 17.5. The molecule has 0 aliphatic carbocycles. The quantitative estimate of drug-likeness (QED) is 0.488. The number of nitrogens with zero attached hydrogens (tertiary/aromatic N) is 2. The fraction of sp³-hybridized carbons (Fsp3) is 0.0625. The lowest BCUT2D eigenvalue weighted by atomic mass is 10.2. The van der Waals surface area contributed by atoms with E-state index in [1.54, 1.807) is 12.1 Å². The van der Waals surface area contributed by atoms with Gasteiger partial charge in [-0.2, -0.15) is 21.6 Å². The van der Waals surface area contributed by atoms with Crippen molar-refractivity contribution in [1.82, 2.24) is 10.2 Å². The van der Waals surface area contributed by atoms with Gasteiger partial charge in [0.05, 0.1) is 26.9 Å². The third-order valence-electron chi connectivity index (χ3n) is 3.51. The molecule has 158 valence electrons. The number of carbonyl (C=O) groups excluding carboxylic acids is 1. The highest BCUT2D eigenvalue weighted by Gasteiger charge is 2.32. The minimum absolute atomic E-state index is 0.132. The molecule has 0 unspecified atom stereocenters. The zero-order chi connectivity index (χ0) is 22.1. The lowest BCUT2D eigenvalue weighted by molar-refractivity contribution is -0.137. The summed E-state index contributed by atoms with van der Waals surface area (Å²) in [5.74, 6) is -0.644. The molecule has 0 saturated carbocycles. The molecule has 0 saturated heterocycles. The molecule has 3 rings (SSSR count). The number of sulfonamides is 1. The molecule has 0 spiro atoms. The zero-order valence-electron chi connectivity index (χ0n) is 14.4. The number of aromatic nitrogens is 2. The van der Waals surface area contributed by atoms with Crippen LogP contribution in [-0.2, 0) is 16.2 Å². The Bertz CT molecular complexity index is 1220. The molecular formula is C16H9Cl2F3N4O3S2. The van der Waals surface area contributed by atoms with Crippen molar-refractivity contribution >= 4 is 61.3 Å². The van der Waals surface area contributed by atoms with Gasteiger partial charge in [0, 0.05) is 0 Å². The minimum Gasteiger partial charge on any atom is -0.296 e. The molecule has 0 atom stereocenters. The molecule has 0 aliphatic rings. The van der Waals surface area contributed by atoms with Gasteiger partial charge in [0.15, 0.2) is 0 Å². The number of anilines is 2. The van der Waals surface area contributed by atoms with Crippen molar-refractivity contribution in [3.05, 3.63) is 63.6 Å². The van der Waals surface area contributed by atoms with E-state index >= 15 is 0 Å². The van der Waals surface area contributed by atoms with Gasteiger partial charge in [-0.3, -0.25) is 14.8 Å². The van der Waals surface area contributed by atoms with E-state index in [0.717, 1.165) is 6.07 Å². The molecule has 7 nitrogen and oxygen atoms in total. The molecule has 2 N–H and O–H groups in total. The van der Waals surface area contributed by atoms with E-state index in [-0.39, 0.29) is 20.7 Å². The molecule has 0 bridgehead atoms. The predicted molar refractivity (Wildman–Crippen MR) is 107 cm³/mol. The summed E-state index contributed by atoms with van der Waals surface area (Å²) in [5.41, 5.74) is -1.44. The van der Waals surface area contributed by atoms with E-state index in [2.05, 4.69) is 15.5 Å². The number of halogens is 5. The van der Waals surface area contributed by atoms with E-state index in [0.29, 0.717) is 23.5 Å². The van der Waals surface area contributed by atoms with Gasteiger partial charge in [-0.1, -0.05) is 46.7 Å². The van der Waals surface area contributed by atoms with Crippen LogP contribution in [0, 0.1) is 0 Å². The Kier molecular flexibility index (Phi) is 6.22. The van der Waals surface area contributed by atoms with Crippen molar-refractivity contribution in [2.45, 2.75) is 10.5 Å². The summed E-state index contributed by atoms with van der Waals surface area (Å²) < 4.78 is 64.8. The second-order valence-electron chi connectivity index (χ2n) is 5.60. The van der Waals surface area contributed by atoms with E-state index in [1.165, 1.54) is 12.1 Å². The number of amides is 1. The van der Waals surface area contributed by atoms with Gasteiger partial charge in [-0.05, 0) is 30.3 Å². The van der Waals surface area contributed by atoms with E-state index in [1.807, 2.05) is 4.72 Å². The third kappa shape index (κ3) is 5.01. The number of rotatable bonds is 5. The maximum atomic E-state index is 12.9. The van der Waals surface area contributed by atoms with Crippen molar-refractivity contribution in [1.29, 1.82) is 0 Å². The van der Waals surface area contributed by atoms with Gasteiger partial charge in [0.1, 0.15) is 0 Å². The van der Waals surface area contributed by atoms with Crippen LogP contribution in [0.2, 0.25) is 10.0 Å². The van der Waals surface area contributed by atoms with Crippen LogP contribution in [0.1, 0.15) is 15.9 Å². The molecular weight excluding hydrogens is 488 g/mol. The number of hydrogen-bond donors (Lipinski definition) is 2. The summed E-state index contributed by atoms with van der Waals surface area (Å²) in [6.07, 6.45) is -4.69. The first-order chi connectivity index (χ1) is 14.0. The number of carbonyl (C=O) groups is 1. The molecule has 0 radical (unpaired) electrons. The number of alkyl halides is 3. The highest BCUT2D eigenvalue weighted by molar-refractivity contribution is 7.94. The summed E-state index contributed by atoms with van der Waals surface area (Å²) in [6, 6.07) is 8.34. The van der Waals surface area contributed by atoms with Crippen LogP contribution >= 0.6 is 34.5 Å². The fourth-order valence-electron chi connectivity index (χ4n) is 2.15. The van der Waals surface area contributed by atoms with Crippen LogP contribution in [0.5, 0.6) is 0 Å². The Labute approximate surface area is 181 Å². The van der Waals surface area contributed by atoms with Crippen molar-refractivity contribution < 1.29 is 26.4 Å². The van der Waals surface area contributed by atoms with Gasteiger partial charge < -0.3 is 0 Å². The lowest BCUT2D eigenvalue weighted by Gasteiger charge is -2.11. The molecule has 2 aromatic carbocycles. The van der Waals surface area contributed by atoms with Crippen molar-refractivity contribution in [2.75, 3.05) is 10.0 Å². The Morgan fingerprint density at radius 1 is 1.03 bits per heavy atom. The second-order valence-corrected chi connectivity index (χ2v) is 9.25. The lowest BCUT2D eigenvalue weighted by Crippen LogP contribution is -2.14. The highest BCUT2D eigenvalue weighted by Crippen LogP contribution is 2.35. The third-order valence-corrected chi connectivity index (χ3v) is 6.74. The van der Waals surface area contributed by atoms with Gasteiger partial charge in [0.25, 0.3) is 20.3 Å². The predicted octanol–water partition coefficient (Wildman–Crippen LogP) is 4.92. The average molecular weight is 497 g/mol. The smallest absolute Gasteiger partial charge is 0.296 e. The first-order valence-corrected chi connectivity index (χ1v) is 10.8. The first-order valence-electron chi connectivity index (χ1n) is 7.76. The van der Waals surface area contributed by atoms with Crippen LogP contribution in [0.4, 0.5) is 24.0 Å². The summed E-state index contributed by atoms with van der Waals surface area (Å²) in [4.78, 5) is 12.2. The molecule has 14 heteroatoms. The van der Waals surface area contributed by atoms with Crippen LogP contribution in [0.3, 0.4) is 0 Å². The molecule has 1 amide bonds. The molecule has 1 heterocycles. The largest absolute Gasteiger partial charge is 0.416 e. The Morgan fingerprint density at radius 3 is 2.40 bits per heavy atom. The second kappa shape index (κ2) is 8.38. The number of hydrogen-bond acceptors (Lipinski definition) is 6. The Hall–Kier alpha value is -2.41. The van der Waals surface area contributed by atoms with E-state index < -0.39 is 37.7 Å². The van der Waals surface area contributed by atoms with Gasteiger partial charge >= 0.3 is 6.18 Å². The number of nitrogens with one attached hydrogen (secondary N) is 2. The van der Waals surface area contributed by atoms with Crippen LogP contribution < -0.4 is 10.0 Å². The summed E-state index contributed by atoms with van der Waals surface area (Å²) >= 11 is 12.2. The first kappa shape index (κ1) is 22.3. The van der Waals surface area contributed by atoms with Gasteiger partial charge in [0.2, 0.25) is 5.13 Å². The van der Waals surface area contributed by atoms with Gasteiger partial charge in [-0.25, -0.2) is 0 Å². The minimum atomic E-state index is -4.69. The molecule has 30 heavy (non-hydrogen) atoms. The standard InChI is InChI=1S/C16H9Cl2F3N4O3S2/c17-10-4-2-1-3-9(10)13(26)22-14-23-24-15(29-14)30(27,28)25-12-7-8(16(19,20)21)5-6-11(12)18/h1-7,25H,(H,22,23,26). The normalized spacial score (nSPS) is 11.9. The monoisotopic (exact) mass is 496 g/mol. The maximum Gasteiger partial charge on any atom is 0.416 e. The van der Waals surface area contributed by atoms with Crippen LogP contribution in [0.25, 0.3) is 0 Å². The van der Waals surface area contributed by atoms with Crippen LogP contribution in [-0.4, -0.2) is 24.5 Å². The maximum absolute atomic E-state index is 12.9. The van der Waals surface area contributed by atoms with E-state index in [4.69, 9.17) is 23.2 Å². The molecule has 3 aromatic rings. The topological polar surface area (TPSA) is 101 Å². The molecule has 1 aromatic heterocycles. The number of benzene rings is 2. The van der Waals surface area contributed by atoms with E-state index in [9.17, 15) is 26.4 Å².